The molecule has 1 amide bonds. The topological polar surface area (TPSA) is 65.1 Å². The van der Waals surface area contributed by atoms with Crippen molar-refractivity contribution in [2.24, 2.45) is 48.7 Å². The van der Waals surface area contributed by atoms with Crippen molar-refractivity contribution in [2.75, 3.05) is 33.4 Å². The number of hydrogen-bond donors (Lipinski definition) is 0. The lowest BCUT2D eigenvalue weighted by Crippen LogP contribution is -2.29. The van der Waals surface area contributed by atoms with E-state index in [1.807, 2.05) is 13.9 Å². The average molecular weight is 1030 g/mol. The number of allylic oxidation sites excluding steroid dienone is 1. The van der Waals surface area contributed by atoms with Crippen LogP contribution in [0.1, 0.15) is 315 Å². The summed E-state index contributed by atoms with van der Waals surface area (Å²) < 4.78 is 16.5. The highest BCUT2D eigenvalue weighted by Gasteiger charge is 2.25. The smallest absolute Gasteiger partial charge is 0.449 e. The van der Waals surface area contributed by atoms with Gasteiger partial charge in [0.2, 0.25) is 0 Å². The third-order valence-corrected chi connectivity index (χ3v) is 12.3. The molecule has 0 spiro atoms. The Kier molecular flexibility index (Phi) is 40.1. The first-order valence-corrected chi connectivity index (χ1v) is 29.8. The van der Waals surface area contributed by atoms with Crippen molar-refractivity contribution in [1.82, 2.24) is 4.90 Å². The molecule has 0 aliphatic rings. The van der Waals surface area contributed by atoms with Crippen molar-refractivity contribution in [3.8, 4) is 0 Å². The van der Waals surface area contributed by atoms with Crippen LogP contribution in [0.15, 0.2) is 12.2 Å². The van der Waals surface area contributed by atoms with Gasteiger partial charge in [-0.1, -0.05) is 211 Å². The zero-order valence-corrected chi connectivity index (χ0v) is 55.5. The maximum Gasteiger partial charge on any atom is 0.453 e. The average Bonchev–Trinajstić information content (AvgIpc) is 3.13. The fourth-order valence-corrected chi connectivity index (χ4v) is 8.68. The molecule has 0 aliphatic carbocycles. The minimum Gasteiger partial charge on any atom is -0.449 e. The molecule has 6 nitrogen and oxygen atoms in total. The number of carbonyl (C=O) groups excluding carboxylic acids is 2. The van der Waals surface area contributed by atoms with E-state index in [0.29, 0.717) is 61.1 Å². The minimum atomic E-state index is -0.192. The van der Waals surface area contributed by atoms with Crippen LogP contribution in [0.25, 0.3) is 0 Å². The van der Waals surface area contributed by atoms with E-state index in [1.165, 1.54) is 69.8 Å². The fraction of sp³-hybridized carbons (Fsp3) is 0.939. The number of hydrogen-bond acceptors (Lipinski definition) is 5. The molecule has 0 saturated carbocycles. The minimum absolute atomic E-state index is 0.0719. The van der Waals surface area contributed by atoms with Gasteiger partial charge in [-0.15, -0.1) is 0 Å². The Hall–Kier alpha value is -1.34. The van der Waals surface area contributed by atoms with Crippen LogP contribution >= 0.6 is 0 Å². The Morgan fingerprint density at radius 1 is 0.411 bits per heavy atom. The van der Waals surface area contributed by atoms with Gasteiger partial charge in [-0.3, -0.25) is 4.79 Å². The number of unbranched alkanes of at least 4 members (excludes halogenated alkanes) is 3. The molecule has 0 radical (unpaired) electrons. The number of carbonyl (C=O) groups is 2. The van der Waals surface area contributed by atoms with Gasteiger partial charge in [0.25, 0.3) is 0 Å². The lowest BCUT2D eigenvalue weighted by Gasteiger charge is -2.32. The monoisotopic (exact) mass is 1030 g/mol. The summed E-state index contributed by atoms with van der Waals surface area (Å²) in [5.41, 5.74) is 4.93. The molecule has 0 unspecified atom stereocenters. The molecule has 0 N–H and O–H groups in total. The summed E-state index contributed by atoms with van der Waals surface area (Å²) in [6, 6.07) is 0. The molecule has 0 heterocycles. The third-order valence-electron chi connectivity index (χ3n) is 12.3. The first kappa shape index (κ1) is 78.2. The quantitative estimate of drug-likeness (QED) is 0.0444. The molecule has 0 saturated heterocycles. The predicted molar refractivity (Wildman–Crippen MR) is 328 cm³/mol. The van der Waals surface area contributed by atoms with Crippen LogP contribution in [0.3, 0.4) is 0 Å². The molecule has 0 rings (SSSR count). The van der Waals surface area contributed by atoms with Crippen LogP contribution in [-0.4, -0.2) is 57.3 Å². The van der Waals surface area contributed by atoms with E-state index in [0.717, 1.165) is 90.4 Å². The highest BCUT2D eigenvalue weighted by atomic mass is 16.6. The number of ether oxygens (including phenoxy) is 1. The van der Waals surface area contributed by atoms with E-state index in [1.54, 1.807) is 4.90 Å². The second-order valence-corrected chi connectivity index (χ2v) is 32.8. The summed E-state index contributed by atoms with van der Waals surface area (Å²) in [6.45, 7) is 68.2. The molecule has 73 heavy (non-hydrogen) atoms. The van der Waals surface area contributed by atoms with Crippen molar-refractivity contribution in [2.45, 2.75) is 322 Å². The number of amides is 1. The van der Waals surface area contributed by atoms with Crippen LogP contribution in [0.2, 0.25) is 6.82 Å². The molecule has 0 aromatic rings. The normalized spacial score (nSPS) is 12.9. The zero-order valence-electron chi connectivity index (χ0n) is 55.5. The highest BCUT2D eigenvalue weighted by Crippen LogP contribution is 2.37. The Labute approximate surface area is 461 Å². The van der Waals surface area contributed by atoms with E-state index in [4.69, 9.17) is 14.0 Å². The van der Waals surface area contributed by atoms with Gasteiger partial charge in [-0.25, -0.2) is 4.79 Å². The van der Waals surface area contributed by atoms with E-state index in [2.05, 4.69) is 187 Å². The summed E-state index contributed by atoms with van der Waals surface area (Å²) in [4.78, 5) is 25.1. The van der Waals surface area contributed by atoms with E-state index in [9.17, 15) is 9.59 Å². The Bertz CT molecular complexity index is 1380. The van der Waals surface area contributed by atoms with Crippen molar-refractivity contribution in [1.29, 1.82) is 0 Å². The standard InChI is InChI=1S/C19H38.C17H34O.C16H33NO2.C14H31BO2/c1-16(14-17(2,3)4)12-10-11-13-19(8,9)15-18(5,6)7;1-16(2,3)13-9-7-8-11-15(18)12-10-14-17(4,5)6;1-15(2,3)10-8-12-17(7)14(18)19-13-9-11-16(4,5)6;1-13(2,3)9-8-11-16-15(7)17-12-10-14(4,5)6/h1,10-15H2,2-9H3;7-14H2,1-6H3;8-13H2,1-7H3;8-12H2,1-7H3. The fourth-order valence-electron chi connectivity index (χ4n) is 8.68. The molecule has 0 aliphatic heterocycles. The van der Waals surface area contributed by atoms with Crippen molar-refractivity contribution in [3.05, 3.63) is 12.2 Å². The molecule has 0 fully saturated rings. The molecule has 0 bridgehead atoms. The Balaban J connectivity index is -0.000000435. The molecule has 7 heteroatoms. The molecule has 0 aromatic heterocycles. The van der Waals surface area contributed by atoms with Crippen molar-refractivity contribution in [3.63, 3.8) is 0 Å². The van der Waals surface area contributed by atoms with Gasteiger partial charge in [0, 0.05) is 39.6 Å². The van der Waals surface area contributed by atoms with Crippen LogP contribution in [0, 0.1) is 48.7 Å². The second-order valence-electron chi connectivity index (χ2n) is 32.8. The number of nitrogens with zero attached hydrogens (tertiary/aromatic N) is 1. The number of Topliss-reactive ketones (excluding diaryl/α,β-unsaturated/α-hetero) is 1. The lowest BCUT2D eigenvalue weighted by molar-refractivity contribution is -0.119. The zero-order chi connectivity index (χ0) is 58.2. The van der Waals surface area contributed by atoms with Crippen molar-refractivity contribution >= 4 is 19.0 Å². The molecular weight excluding hydrogens is 898 g/mol. The van der Waals surface area contributed by atoms with Gasteiger partial charge in [-0.05, 0) is 158 Å². The predicted octanol–water partition coefficient (Wildman–Crippen LogP) is 21.9. The van der Waals surface area contributed by atoms with E-state index in [-0.39, 0.29) is 13.2 Å². The van der Waals surface area contributed by atoms with Gasteiger partial charge in [-0.2, -0.15) is 0 Å². The molecule has 438 valence electrons. The second kappa shape index (κ2) is 37.5. The first-order chi connectivity index (χ1) is 32.5. The molecular formula is C66H136BNO5. The summed E-state index contributed by atoms with van der Waals surface area (Å²) in [7, 11) is 1.74. The largest absolute Gasteiger partial charge is 0.453 e. The van der Waals surface area contributed by atoms with Gasteiger partial charge in [0.15, 0.2) is 0 Å². The van der Waals surface area contributed by atoms with Crippen LogP contribution < -0.4 is 0 Å². The van der Waals surface area contributed by atoms with Crippen LogP contribution in [0.5, 0.6) is 0 Å². The van der Waals surface area contributed by atoms with Crippen molar-refractivity contribution < 1.29 is 23.6 Å². The van der Waals surface area contributed by atoms with Gasteiger partial charge < -0.3 is 18.9 Å². The Morgan fingerprint density at radius 3 is 1.25 bits per heavy atom. The van der Waals surface area contributed by atoms with E-state index < -0.39 is 0 Å². The molecule has 0 atom stereocenters. The van der Waals surface area contributed by atoms with Gasteiger partial charge in [0.1, 0.15) is 5.78 Å². The lowest BCUT2D eigenvalue weighted by atomic mass is 9.73. The van der Waals surface area contributed by atoms with Crippen LogP contribution in [0.4, 0.5) is 4.79 Å². The Morgan fingerprint density at radius 2 is 0.795 bits per heavy atom. The maximum atomic E-state index is 11.7. The number of rotatable bonds is 28. The summed E-state index contributed by atoms with van der Waals surface area (Å²) in [5.74, 6) is 0.468. The first-order valence-electron chi connectivity index (χ1n) is 29.8. The van der Waals surface area contributed by atoms with E-state index >= 15 is 0 Å². The van der Waals surface area contributed by atoms with Crippen LogP contribution in [-0.2, 0) is 18.8 Å². The maximum absolute atomic E-state index is 11.7. The van der Waals surface area contributed by atoms with Gasteiger partial charge in [0.05, 0.1) is 6.61 Å². The summed E-state index contributed by atoms with van der Waals surface area (Å²) in [5, 5.41) is 0. The summed E-state index contributed by atoms with van der Waals surface area (Å²) >= 11 is 0. The molecule has 0 aromatic carbocycles. The van der Waals surface area contributed by atoms with Gasteiger partial charge >= 0.3 is 13.2 Å². The number of ketones is 1. The SMILES string of the molecule is C=C(CCCCC(C)(C)CC(C)(C)C)CC(C)(C)C.CB(OCCCC(C)(C)C)OCCC(C)(C)C.CC(C)(C)CCCCCC(=O)CCCC(C)(C)C.CN(CCCC(C)(C)C)C(=O)OCCCC(C)(C)C. The third kappa shape index (κ3) is 72.8. The summed E-state index contributed by atoms with van der Waals surface area (Å²) in [6.07, 6.45) is 23.6. The highest BCUT2D eigenvalue weighted by molar-refractivity contribution is 6.42.